The Balaban J connectivity index is 2.47. The minimum absolute atomic E-state index is 0.0176. The molecular weight excluding hydrogens is 246 g/mol. The molecular formula is C13H15F4N. The lowest BCUT2D eigenvalue weighted by Gasteiger charge is -2.14. The summed E-state index contributed by atoms with van der Waals surface area (Å²) in [6.45, 7) is 4.11. The summed E-state index contributed by atoms with van der Waals surface area (Å²) < 4.78 is 51.7. The van der Waals surface area contributed by atoms with Gasteiger partial charge in [-0.2, -0.15) is 13.2 Å². The van der Waals surface area contributed by atoms with Crippen LogP contribution < -0.4 is 5.73 Å². The third-order valence-electron chi connectivity index (χ3n) is 3.96. The fourth-order valence-electron chi connectivity index (χ4n) is 2.85. The Labute approximate surface area is 103 Å². The molecule has 0 radical (unpaired) electrons. The zero-order valence-corrected chi connectivity index (χ0v) is 10.2. The van der Waals surface area contributed by atoms with Crippen molar-refractivity contribution >= 4 is 0 Å². The fraction of sp³-hybridized carbons (Fsp3) is 0.538. The summed E-state index contributed by atoms with van der Waals surface area (Å²) >= 11 is 0. The topological polar surface area (TPSA) is 26.0 Å². The van der Waals surface area contributed by atoms with Gasteiger partial charge in [-0.1, -0.05) is 19.9 Å². The fourth-order valence-corrected chi connectivity index (χ4v) is 2.85. The second-order valence-corrected chi connectivity index (χ2v) is 5.37. The molecule has 1 aliphatic rings. The molecule has 1 aromatic rings. The zero-order chi connectivity index (χ0) is 13.7. The average Bonchev–Trinajstić information content (AvgIpc) is 2.79. The maximum atomic E-state index is 13.0. The summed E-state index contributed by atoms with van der Waals surface area (Å²) in [7, 11) is 0. The molecule has 2 rings (SSSR count). The summed E-state index contributed by atoms with van der Waals surface area (Å²) in [6.07, 6.45) is -4.53. The minimum atomic E-state index is -4.53. The number of nitrogens with two attached hydrogens (primary N) is 1. The van der Waals surface area contributed by atoms with Crippen LogP contribution in [0.15, 0.2) is 18.2 Å². The van der Waals surface area contributed by atoms with E-state index in [2.05, 4.69) is 0 Å². The predicted octanol–water partition coefficient (Wildman–Crippen LogP) is 3.54. The van der Waals surface area contributed by atoms with E-state index in [0.29, 0.717) is 12.6 Å². The first-order valence-corrected chi connectivity index (χ1v) is 5.76. The van der Waals surface area contributed by atoms with Gasteiger partial charge in [-0.05, 0) is 41.5 Å². The van der Waals surface area contributed by atoms with Crippen molar-refractivity contribution < 1.29 is 17.6 Å². The SMILES string of the molecule is CC1(C)[C@@H](CN)[C@@H]1c1ccc(F)cc1C(F)(F)F. The molecule has 0 saturated heterocycles. The smallest absolute Gasteiger partial charge is 0.330 e. The highest BCUT2D eigenvalue weighted by Gasteiger charge is 2.59. The van der Waals surface area contributed by atoms with E-state index in [0.717, 1.165) is 6.07 Å². The van der Waals surface area contributed by atoms with Gasteiger partial charge in [0.1, 0.15) is 5.82 Å². The molecule has 0 aromatic heterocycles. The van der Waals surface area contributed by atoms with Gasteiger partial charge >= 0.3 is 6.18 Å². The van der Waals surface area contributed by atoms with Gasteiger partial charge in [0.15, 0.2) is 0 Å². The Morgan fingerprint density at radius 1 is 1.28 bits per heavy atom. The van der Waals surface area contributed by atoms with Gasteiger partial charge in [-0.25, -0.2) is 4.39 Å². The Bertz CT molecular complexity index is 465. The first-order chi connectivity index (χ1) is 8.19. The molecule has 1 saturated carbocycles. The van der Waals surface area contributed by atoms with Crippen LogP contribution in [0.5, 0.6) is 0 Å². The molecule has 0 unspecified atom stereocenters. The maximum absolute atomic E-state index is 13.0. The van der Waals surface area contributed by atoms with Crippen LogP contribution in [0.25, 0.3) is 0 Å². The van der Waals surface area contributed by atoms with Gasteiger partial charge in [0, 0.05) is 0 Å². The quantitative estimate of drug-likeness (QED) is 0.809. The van der Waals surface area contributed by atoms with Crippen molar-refractivity contribution in [2.45, 2.75) is 25.9 Å². The highest BCUT2D eigenvalue weighted by Crippen LogP contribution is 2.65. The number of rotatable bonds is 2. The molecule has 1 aliphatic carbocycles. The lowest BCUT2D eigenvalue weighted by molar-refractivity contribution is -0.138. The van der Waals surface area contributed by atoms with E-state index >= 15 is 0 Å². The number of benzene rings is 1. The average molecular weight is 261 g/mol. The second-order valence-electron chi connectivity index (χ2n) is 5.37. The van der Waals surface area contributed by atoms with Crippen LogP contribution in [0.3, 0.4) is 0 Å². The zero-order valence-electron chi connectivity index (χ0n) is 10.2. The van der Waals surface area contributed by atoms with Gasteiger partial charge in [0.2, 0.25) is 0 Å². The van der Waals surface area contributed by atoms with Crippen molar-refractivity contribution in [1.82, 2.24) is 0 Å². The van der Waals surface area contributed by atoms with Crippen molar-refractivity contribution in [2.24, 2.45) is 17.1 Å². The largest absolute Gasteiger partial charge is 0.416 e. The molecule has 18 heavy (non-hydrogen) atoms. The van der Waals surface area contributed by atoms with Crippen molar-refractivity contribution in [2.75, 3.05) is 6.54 Å². The van der Waals surface area contributed by atoms with E-state index in [1.54, 1.807) is 0 Å². The molecule has 0 spiro atoms. The molecule has 1 nitrogen and oxygen atoms in total. The van der Waals surface area contributed by atoms with Crippen molar-refractivity contribution in [3.8, 4) is 0 Å². The van der Waals surface area contributed by atoms with Crippen molar-refractivity contribution in [1.29, 1.82) is 0 Å². The van der Waals surface area contributed by atoms with Crippen LogP contribution in [0.2, 0.25) is 0 Å². The van der Waals surface area contributed by atoms with Gasteiger partial charge in [-0.3, -0.25) is 0 Å². The van der Waals surface area contributed by atoms with Crippen LogP contribution >= 0.6 is 0 Å². The predicted molar refractivity (Wildman–Crippen MR) is 60.5 cm³/mol. The first-order valence-electron chi connectivity index (χ1n) is 5.76. The first kappa shape index (κ1) is 13.3. The summed E-state index contributed by atoms with van der Waals surface area (Å²) in [5.41, 5.74) is 4.59. The third-order valence-corrected chi connectivity index (χ3v) is 3.96. The Kier molecular flexibility index (Phi) is 2.93. The molecule has 0 bridgehead atoms. The molecule has 2 atom stereocenters. The lowest BCUT2D eigenvalue weighted by Crippen LogP contribution is -2.10. The van der Waals surface area contributed by atoms with Gasteiger partial charge in [0.05, 0.1) is 5.56 Å². The number of hydrogen-bond acceptors (Lipinski definition) is 1. The van der Waals surface area contributed by atoms with E-state index in [1.807, 2.05) is 13.8 Å². The Morgan fingerprint density at radius 3 is 2.33 bits per heavy atom. The second kappa shape index (κ2) is 3.95. The molecule has 100 valence electrons. The summed E-state index contributed by atoms with van der Waals surface area (Å²) in [6, 6.07) is 2.88. The van der Waals surface area contributed by atoms with Crippen molar-refractivity contribution in [3.63, 3.8) is 0 Å². The monoisotopic (exact) mass is 261 g/mol. The maximum Gasteiger partial charge on any atom is 0.416 e. The normalized spacial score (nSPS) is 26.2. The van der Waals surface area contributed by atoms with E-state index in [4.69, 9.17) is 5.73 Å². The highest BCUT2D eigenvalue weighted by atomic mass is 19.4. The van der Waals surface area contributed by atoms with E-state index in [9.17, 15) is 17.6 Å². The van der Waals surface area contributed by atoms with Crippen LogP contribution in [0.1, 0.15) is 30.9 Å². The molecule has 1 aromatic carbocycles. The number of alkyl halides is 3. The molecule has 2 N–H and O–H groups in total. The van der Waals surface area contributed by atoms with Crippen LogP contribution in [0.4, 0.5) is 17.6 Å². The van der Waals surface area contributed by atoms with Crippen LogP contribution in [-0.2, 0) is 6.18 Å². The molecule has 1 fully saturated rings. The van der Waals surface area contributed by atoms with Crippen LogP contribution in [0, 0.1) is 17.2 Å². The lowest BCUT2D eigenvalue weighted by atomic mass is 9.97. The van der Waals surface area contributed by atoms with E-state index < -0.39 is 17.6 Å². The molecule has 0 heterocycles. The Hall–Kier alpha value is -1.10. The summed E-state index contributed by atoms with van der Waals surface area (Å²) in [5.74, 6) is -1.10. The van der Waals surface area contributed by atoms with E-state index in [-0.39, 0.29) is 22.8 Å². The minimum Gasteiger partial charge on any atom is -0.330 e. The Morgan fingerprint density at radius 2 is 1.89 bits per heavy atom. The summed E-state index contributed by atoms with van der Waals surface area (Å²) in [5, 5.41) is 0. The highest BCUT2D eigenvalue weighted by molar-refractivity contribution is 5.40. The molecule has 0 aliphatic heterocycles. The van der Waals surface area contributed by atoms with E-state index in [1.165, 1.54) is 6.07 Å². The van der Waals surface area contributed by atoms with Gasteiger partial charge in [-0.15, -0.1) is 0 Å². The van der Waals surface area contributed by atoms with Gasteiger partial charge in [0.25, 0.3) is 0 Å². The van der Waals surface area contributed by atoms with Crippen LogP contribution in [-0.4, -0.2) is 6.54 Å². The third kappa shape index (κ3) is 2.00. The van der Waals surface area contributed by atoms with Crippen molar-refractivity contribution in [3.05, 3.63) is 35.1 Å². The van der Waals surface area contributed by atoms with Gasteiger partial charge < -0.3 is 5.73 Å². The molecule has 5 heteroatoms. The summed E-state index contributed by atoms with van der Waals surface area (Å²) in [4.78, 5) is 0. The number of halogens is 4. The molecule has 0 amide bonds. The number of hydrogen-bond donors (Lipinski definition) is 1. The standard InChI is InChI=1S/C13H15F4N/c1-12(2)10(6-18)11(12)8-4-3-7(14)5-9(8)13(15,16)17/h3-5,10-11H,6,18H2,1-2H3/t10-,11-/m0/s1.